The molecule has 0 aromatic carbocycles. The molecule has 2 aromatic heterocycles. The van der Waals surface area contributed by atoms with E-state index < -0.39 is 0 Å². The van der Waals surface area contributed by atoms with Crippen LogP contribution in [-0.4, -0.2) is 15.1 Å². The first-order valence-electron chi connectivity index (χ1n) is 5.68. The molecule has 0 aliphatic carbocycles. The highest BCUT2D eigenvalue weighted by molar-refractivity contribution is 5.47. The molecule has 0 saturated heterocycles. The van der Waals surface area contributed by atoms with E-state index in [2.05, 4.69) is 25.9 Å². The van der Waals surface area contributed by atoms with E-state index in [1.54, 1.807) is 18.3 Å². The fourth-order valence-electron chi connectivity index (χ4n) is 1.40. The van der Waals surface area contributed by atoms with Crippen molar-refractivity contribution < 1.29 is 4.52 Å². The van der Waals surface area contributed by atoms with E-state index in [9.17, 15) is 0 Å². The van der Waals surface area contributed by atoms with Crippen molar-refractivity contribution in [3.05, 3.63) is 29.9 Å². The second-order valence-corrected chi connectivity index (χ2v) is 4.13. The highest BCUT2D eigenvalue weighted by Gasteiger charge is 2.08. The first kappa shape index (κ1) is 12.3. The first-order chi connectivity index (χ1) is 8.69. The van der Waals surface area contributed by atoms with Crippen molar-refractivity contribution in [2.45, 2.75) is 26.3 Å². The van der Waals surface area contributed by atoms with Crippen LogP contribution in [0.2, 0.25) is 0 Å². The Morgan fingerprint density at radius 2 is 2.11 bits per heavy atom. The largest absolute Gasteiger partial charge is 0.363 e. The third kappa shape index (κ3) is 2.95. The number of rotatable bonds is 5. The monoisotopic (exact) mass is 248 g/mol. The van der Waals surface area contributed by atoms with Gasteiger partial charge in [-0.15, -0.1) is 0 Å². The number of hydrazine groups is 1. The molecule has 2 heterocycles. The number of anilines is 2. The molecule has 4 N–H and O–H groups in total. The quantitative estimate of drug-likeness (QED) is 0.544. The van der Waals surface area contributed by atoms with Crippen molar-refractivity contribution in [2.24, 2.45) is 5.84 Å². The molecule has 96 valence electrons. The lowest BCUT2D eigenvalue weighted by Crippen LogP contribution is -2.12. The highest BCUT2D eigenvalue weighted by Crippen LogP contribution is 2.16. The highest BCUT2D eigenvalue weighted by atomic mass is 16.5. The molecule has 2 rings (SSSR count). The Kier molecular flexibility index (Phi) is 3.73. The van der Waals surface area contributed by atoms with Gasteiger partial charge in [0.2, 0.25) is 0 Å². The minimum atomic E-state index is 0.226. The van der Waals surface area contributed by atoms with Crippen molar-refractivity contribution in [3.63, 3.8) is 0 Å². The average Bonchev–Trinajstić information content (AvgIpc) is 2.89. The Bertz CT molecular complexity index is 496. The smallest absolute Gasteiger partial charge is 0.155 e. The number of nitrogen functional groups attached to an aromatic ring is 1. The van der Waals surface area contributed by atoms with Crippen LogP contribution in [0.15, 0.2) is 22.9 Å². The van der Waals surface area contributed by atoms with E-state index in [-0.39, 0.29) is 5.92 Å². The molecule has 7 nitrogen and oxygen atoms in total. The number of hydrogen-bond acceptors (Lipinski definition) is 7. The zero-order valence-electron chi connectivity index (χ0n) is 10.3. The molecule has 0 aliphatic heterocycles. The number of hydrogen-bond donors (Lipinski definition) is 3. The molecule has 18 heavy (non-hydrogen) atoms. The lowest BCUT2D eigenvalue weighted by molar-refractivity contribution is 0.388. The molecule has 7 heteroatoms. The van der Waals surface area contributed by atoms with Crippen LogP contribution in [0, 0.1) is 0 Å². The van der Waals surface area contributed by atoms with Gasteiger partial charge in [0.05, 0.1) is 12.7 Å². The topological polar surface area (TPSA) is 102 Å². The predicted molar refractivity (Wildman–Crippen MR) is 67.8 cm³/mol. The standard InChI is InChI=1S/C11H16N6O/c1-7(2)11-15-9(5-10(16-11)17-12)13-6-8-3-4-14-18-8/h3-5,7H,6,12H2,1-2H3,(H2,13,15,16,17). The number of nitrogens with zero attached hydrogens (tertiary/aromatic N) is 3. The summed E-state index contributed by atoms with van der Waals surface area (Å²) in [6, 6.07) is 3.53. The maximum atomic E-state index is 5.38. The van der Waals surface area contributed by atoms with E-state index >= 15 is 0 Å². The van der Waals surface area contributed by atoms with Gasteiger partial charge in [0.15, 0.2) is 5.76 Å². The van der Waals surface area contributed by atoms with Gasteiger partial charge in [-0.3, -0.25) is 0 Å². The van der Waals surface area contributed by atoms with Gasteiger partial charge in [-0.25, -0.2) is 15.8 Å². The van der Waals surface area contributed by atoms with E-state index in [0.717, 1.165) is 11.6 Å². The zero-order valence-corrected chi connectivity index (χ0v) is 10.3. The van der Waals surface area contributed by atoms with Crippen LogP contribution < -0.4 is 16.6 Å². The van der Waals surface area contributed by atoms with Gasteiger partial charge in [-0.05, 0) is 0 Å². The number of nitrogens with two attached hydrogens (primary N) is 1. The summed E-state index contributed by atoms with van der Waals surface area (Å²) in [7, 11) is 0. The van der Waals surface area contributed by atoms with Crippen LogP contribution in [0.25, 0.3) is 0 Å². The van der Waals surface area contributed by atoms with Crippen LogP contribution in [-0.2, 0) is 6.54 Å². The molecule has 2 aromatic rings. The Hall–Kier alpha value is -2.15. The van der Waals surface area contributed by atoms with Crippen molar-refractivity contribution in [1.82, 2.24) is 15.1 Å². The van der Waals surface area contributed by atoms with Crippen LogP contribution in [0.3, 0.4) is 0 Å². The summed E-state index contributed by atoms with van der Waals surface area (Å²) in [5.41, 5.74) is 2.53. The summed E-state index contributed by atoms with van der Waals surface area (Å²) in [5.74, 6) is 8.34. The zero-order chi connectivity index (χ0) is 13.0. The average molecular weight is 248 g/mol. The molecular formula is C11H16N6O. The fourth-order valence-corrected chi connectivity index (χ4v) is 1.40. The van der Waals surface area contributed by atoms with Crippen LogP contribution >= 0.6 is 0 Å². The van der Waals surface area contributed by atoms with Crippen molar-refractivity contribution in [1.29, 1.82) is 0 Å². The SMILES string of the molecule is CC(C)c1nc(NN)cc(NCc2ccno2)n1. The minimum Gasteiger partial charge on any atom is -0.363 e. The summed E-state index contributed by atoms with van der Waals surface area (Å²) in [6.45, 7) is 4.56. The summed E-state index contributed by atoms with van der Waals surface area (Å²) in [5, 5.41) is 6.77. The first-order valence-corrected chi connectivity index (χ1v) is 5.68. The van der Waals surface area contributed by atoms with Gasteiger partial charge in [-0.1, -0.05) is 19.0 Å². The summed E-state index contributed by atoms with van der Waals surface area (Å²) in [4.78, 5) is 8.67. The molecule has 0 atom stereocenters. The second-order valence-electron chi connectivity index (χ2n) is 4.13. The molecule has 0 aliphatic rings. The molecule has 0 amide bonds. The third-order valence-electron chi connectivity index (χ3n) is 2.34. The maximum absolute atomic E-state index is 5.38. The van der Waals surface area contributed by atoms with Gasteiger partial charge in [-0.2, -0.15) is 0 Å². The van der Waals surface area contributed by atoms with Gasteiger partial charge >= 0.3 is 0 Å². The number of aromatic nitrogens is 3. The van der Waals surface area contributed by atoms with Crippen molar-refractivity contribution >= 4 is 11.6 Å². The van der Waals surface area contributed by atoms with E-state index in [4.69, 9.17) is 10.4 Å². The third-order valence-corrected chi connectivity index (χ3v) is 2.34. The summed E-state index contributed by atoms with van der Waals surface area (Å²) in [6.07, 6.45) is 1.60. The second kappa shape index (κ2) is 5.46. The molecule has 0 spiro atoms. The molecule has 0 saturated carbocycles. The van der Waals surface area contributed by atoms with Gasteiger partial charge in [0, 0.05) is 18.1 Å². The van der Waals surface area contributed by atoms with Crippen LogP contribution in [0.4, 0.5) is 11.6 Å². The fraction of sp³-hybridized carbons (Fsp3) is 0.364. The normalized spacial score (nSPS) is 10.7. The molecule has 0 bridgehead atoms. The van der Waals surface area contributed by atoms with Gasteiger partial charge in [0.1, 0.15) is 17.5 Å². The number of nitrogens with one attached hydrogen (secondary N) is 2. The lowest BCUT2D eigenvalue weighted by Gasteiger charge is -2.10. The predicted octanol–water partition coefficient (Wildman–Crippen LogP) is 1.49. The Labute approximate surface area is 105 Å². The van der Waals surface area contributed by atoms with Crippen molar-refractivity contribution in [2.75, 3.05) is 10.7 Å². The molecule has 0 unspecified atom stereocenters. The van der Waals surface area contributed by atoms with Crippen LogP contribution in [0.1, 0.15) is 31.4 Å². The van der Waals surface area contributed by atoms with Gasteiger partial charge < -0.3 is 15.3 Å². The minimum absolute atomic E-state index is 0.226. The maximum Gasteiger partial charge on any atom is 0.155 e. The molecular weight excluding hydrogens is 232 g/mol. The molecule has 0 radical (unpaired) electrons. The van der Waals surface area contributed by atoms with Gasteiger partial charge in [0.25, 0.3) is 0 Å². The summed E-state index contributed by atoms with van der Waals surface area (Å²) < 4.78 is 4.99. The van der Waals surface area contributed by atoms with E-state index in [1.165, 1.54) is 0 Å². The Morgan fingerprint density at radius 3 is 2.72 bits per heavy atom. The molecule has 0 fully saturated rings. The van der Waals surface area contributed by atoms with E-state index in [0.29, 0.717) is 18.2 Å². The Balaban J connectivity index is 2.13. The Morgan fingerprint density at radius 1 is 1.33 bits per heavy atom. The lowest BCUT2D eigenvalue weighted by atomic mass is 10.2. The van der Waals surface area contributed by atoms with Crippen LogP contribution in [0.5, 0.6) is 0 Å². The van der Waals surface area contributed by atoms with Crippen molar-refractivity contribution in [3.8, 4) is 0 Å². The van der Waals surface area contributed by atoms with E-state index in [1.807, 2.05) is 13.8 Å². The summed E-state index contributed by atoms with van der Waals surface area (Å²) >= 11 is 0.